The first-order chi connectivity index (χ1) is 11.1. The Balaban J connectivity index is 1.81. The second-order valence-electron chi connectivity index (χ2n) is 4.93. The summed E-state index contributed by atoms with van der Waals surface area (Å²) in [7, 11) is 0. The van der Waals surface area contributed by atoms with Gasteiger partial charge in [0, 0.05) is 0 Å². The van der Waals surface area contributed by atoms with Crippen molar-refractivity contribution in [3.63, 3.8) is 0 Å². The van der Waals surface area contributed by atoms with E-state index in [2.05, 4.69) is 10.6 Å². The Morgan fingerprint density at radius 1 is 1.09 bits per heavy atom. The maximum Gasteiger partial charge on any atom is 0.408 e. The summed E-state index contributed by atoms with van der Waals surface area (Å²) in [4.78, 5) is 23.7. The van der Waals surface area contributed by atoms with Gasteiger partial charge in [-0.05, 0) is 24.6 Å². The van der Waals surface area contributed by atoms with E-state index in [1.165, 1.54) is 13.0 Å². The summed E-state index contributed by atoms with van der Waals surface area (Å²) in [6.07, 6.45) is -0.686. The molecule has 6 heteroatoms. The SMILES string of the molecule is C[C@H](NC(=O)OCc1ccccc1)C(=O)Nc1ccccc1O. The molecule has 0 aliphatic heterocycles. The van der Waals surface area contributed by atoms with Crippen LogP contribution in [0.2, 0.25) is 0 Å². The molecule has 2 aromatic carbocycles. The molecule has 1 atom stereocenters. The number of phenolic OH excluding ortho intramolecular Hbond substituents is 1. The number of carbonyl (C=O) groups excluding carboxylic acids is 2. The minimum Gasteiger partial charge on any atom is -0.506 e. The van der Waals surface area contributed by atoms with E-state index in [4.69, 9.17) is 4.74 Å². The quantitative estimate of drug-likeness (QED) is 0.740. The van der Waals surface area contributed by atoms with Gasteiger partial charge in [-0.25, -0.2) is 4.79 Å². The average Bonchev–Trinajstić information content (AvgIpc) is 2.56. The number of amides is 2. The van der Waals surface area contributed by atoms with Crippen LogP contribution in [-0.2, 0) is 16.1 Å². The fourth-order valence-electron chi connectivity index (χ4n) is 1.83. The Kier molecular flexibility index (Phi) is 5.57. The van der Waals surface area contributed by atoms with E-state index in [-0.39, 0.29) is 18.0 Å². The van der Waals surface area contributed by atoms with E-state index < -0.39 is 18.0 Å². The molecule has 3 N–H and O–H groups in total. The molecule has 0 saturated heterocycles. The van der Waals surface area contributed by atoms with Crippen LogP contribution in [0, 0.1) is 0 Å². The number of benzene rings is 2. The number of ether oxygens (including phenoxy) is 1. The lowest BCUT2D eigenvalue weighted by Crippen LogP contribution is -2.41. The molecular formula is C17H18N2O4. The van der Waals surface area contributed by atoms with Crippen LogP contribution in [0.1, 0.15) is 12.5 Å². The molecule has 0 aliphatic rings. The van der Waals surface area contributed by atoms with E-state index in [1.807, 2.05) is 30.3 Å². The lowest BCUT2D eigenvalue weighted by molar-refractivity contribution is -0.117. The highest BCUT2D eigenvalue weighted by atomic mass is 16.5. The highest BCUT2D eigenvalue weighted by Crippen LogP contribution is 2.21. The second kappa shape index (κ2) is 7.84. The number of carbonyl (C=O) groups is 2. The van der Waals surface area contributed by atoms with Gasteiger partial charge in [0.15, 0.2) is 0 Å². The summed E-state index contributed by atoms with van der Waals surface area (Å²) in [5, 5.41) is 14.6. The number of nitrogens with one attached hydrogen (secondary N) is 2. The van der Waals surface area contributed by atoms with Gasteiger partial charge in [0.05, 0.1) is 5.69 Å². The van der Waals surface area contributed by atoms with Crippen LogP contribution in [0.5, 0.6) is 5.75 Å². The van der Waals surface area contributed by atoms with E-state index >= 15 is 0 Å². The van der Waals surface area contributed by atoms with Crippen LogP contribution in [0.25, 0.3) is 0 Å². The highest BCUT2D eigenvalue weighted by Gasteiger charge is 2.17. The normalized spacial score (nSPS) is 11.3. The lowest BCUT2D eigenvalue weighted by Gasteiger charge is -2.14. The molecule has 23 heavy (non-hydrogen) atoms. The van der Waals surface area contributed by atoms with Gasteiger partial charge in [0.2, 0.25) is 5.91 Å². The summed E-state index contributed by atoms with van der Waals surface area (Å²) in [6.45, 7) is 1.65. The van der Waals surface area contributed by atoms with E-state index in [1.54, 1.807) is 18.2 Å². The van der Waals surface area contributed by atoms with Crippen molar-refractivity contribution in [3.05, 3.63) is 60.2 Å². The molecule has 6 nitrogen and oxygen atoms in total. The zero-order valence-electron chi connectivity index (χ0n) is 12.7. The van der Waals surface area contributed by atoms with Crippen LogP contribution < -0.4 is 10.6 Å². The van der Waals surface area contributed by atoms with Gasteiger partial charge in [-0.3, -0.25) is 4.79 Å². The minimum absolute atomic E-state index is 0.0419. The predicted octanol–water partition coefficient (Wildman–Crippen LogP) is 2.65. The molecule has 2 amide bonds. The fraction of sp³-hybridized carbons (Fsp3) is 0.176. The fourth-order valence-corrected chi connectivity index (χ4v) is 1.83. The van der Waals surface area contributed by atoms with Gasteiger partial charge >= 0.3 is 6.09 Å². The monoisotopic (exact) mass is 314 g/mol. The molecule has 0 radical (unpaired) electrons. The maximum atomic E-state index is 12.0. The predicted molar refractivity (Wildman–Crippen MR) is 86.0 cm³/mol. The van der Waals surface area contributed by atoms with Gasteiger partial charge in [-0.1, -0.05) is 42.5 Å². The summed E-state index contributed by atoms with van der Waals surface area (Å²) >= 11 is 0. The van der Waals surface area contributed by atoms with Crippen molar-refractivity contribution in [1.82, 2.24) is 5.32 Å². The molecule has 2 aromatic rings. The molecule has 0 spiro atoms. The number of alkyl carbamates (subject to hydrolysis) is 1. The molecule has 0 aliphatic carbocycles. The van der Waals surface area contributed by atoms with Crippen molar-refractivity contribution in [2.45, 2.75) is 19.6 Å². The Hall–Kier alpha value is -3.02. The number of aromatic hydroxyl groups is 1. The lowest BCUT2D eigenvalue weighted by atomic mass is 10.2. The molecule has 0 bridgehead atoms. The number of hydrogen-bond acceptors (Lipinski definition) is 4. The molecule has 0 unspecified atom stereocenters. The van der Waals surface area contributed by atoms with Crippen molar-refractivity contribution >= 4 is 17.7 Å². The van der Waals surface area contributed by atoms with Crippen LogP contribution in [0.15, 0.2) is 54.6 Å². The molecule has 0 aromatic heterocycles. The molecule has 0 heterocycles. The molecule has 0 saturated carbocycles. The van der Waals surface area contributed by atoms with Crippen molar-refractivity contribution in [2.75, 3.05) is 5.32 Å². The Bertz CT molecular complexity index is 673. The Labute approximate surface area is 134 Å². The highest BCUT2D eigenvalue weighted by molar-refractivity contribution is 5.97. The first kappa shape index (κ1) is 16.4. The van der Waals surface area contributed by atoms with Gasteiger partial charge < -0.3 is 20.5 Å². The van der Waals surface area contributed by atoms with E-state index in [0.717, 1.165) is 5.56 Å². The first-order valence-corrected chi connectivity index (χ1v) is 7.12. The zero-order chi connectivity index (χ0) is 16.7. The van der Waals surface area contributed by atoms with Crippen molar-refractivity contribution in [1.29, 1.82) is 0 Å². The summed E-state index contributed by atoms with van der Waals surface area (Å²) in [6, 6.07) is 14.8. The molecular weight excluding hydrogens is 296 g/mol. The zero-order valence-corrected chi connectivity index (χ0v) is 12.7. The smallest absolute Gasteiger partial charge is 0.408 e. The third-order valence-electron chi connectivity index (χ3n) is 3.10. The van der Waals surface area contributed by atoms with Crippen LogP contribution >= 0.6 is 0 Å². The second-order valence-corrected chi connectivity index (χ2v) is 4.93. The largest absolute Gasteiger partial charge is 0.506 e. The third kappa shape index (κ3) is 5.03. The summed E-state index contributed by atoms with van der Waals surface area (Å²) < 4.78 is 5.04. The topological polar surface area (TPSA) is 87.7 Å². The van der Waals surface area contributed by atoms with Crippen LogP contribution in [0.3, 0.4) is 0 Å². The number of rotatable bonds is 5. The van der Waals surface area contributed by atoms with Gasteiger partial charge in [-0.15, -0.1) is 0 Å². The Morgan fingerprint density at radius 3 is 2.43 bits per heavy atom. The molecule has 0 fully saturated rings. The third-order valence-corrected chi connectivity index (χ3v) is 3.10. The molecule has 120 valence electrons. The average molecular weight is 314 g/mol. The van der Waals surface area contributed by atoms with Crippen molar-refractivity contribution < 1.29 is 19.4 Å². The van der Waals surface area contributed by atoms with Gasteiger partial charge in [-0.2, -0.15) is 0 Å². The number of phenols is 1. The standard InChI is InChI=1S/C17H18N2O4/c1-12(16(21)19-14-9-5-6-10-15(14)20)18-17(22)23-11-13-7-3-2-4-8-13/h2-10,12,20H,11H2,1H3,(H,18,22)(H,19,21)/t12-/m0/s1. The van der Waals surface area contributed by atoms with Gasteiger partial charge in [0.25, 0.3) is 0 Å². The Morgan fingerprint density at radius 2 is 1.74 bits per heavy atom. The van der Waals surface area contributed by atoms with Crippen LogP contribution in [0.4, 0.5) is 10.5 Å². The molecule has 2 rings (SSSR count). The number of para-hydroxylation sites is 2. The van der Waals surface area contributed by atoms with E-state index in [0.29, 0.717) is 0 Å². The van der Waals surface area contributed by atoms with Crippen LogP contribution in [-0.4, -0.2) is 23.1 Å². The first-order valence-electron chi connectivity index (χ1n) is 7.12. The summed E-state index contributed by atoms with van der Waals surface area (Å²) in [5.74, 6) is -0.497. The van der Waals surface area contributed by atoms with Crippen molar-refractivity contribution in [3.8, 4) is 5.75 Å². The number of hydrogen-bond donors (Lipinski definition) is 3. The minimum atomic E-state index is -0.808. The summed E-state index contributed by atoms with van der Waals surface area (Å²) in [5.41, 5.74) is 1.14. The number of anilines is 1. The van der Waals surface area contributed by atoms with E-state index in [9.17, 15) is 14.7 Å². The maximum absolute atomic E-state index is 12.0. The van der Waals surface area contributed by atoms with Gasteiger partial charge in [0.1, 0.15) is 18.4 Å². The van der Waals surface area contributed by atoms with Crippen molar-refractivity contribution in [2.24, 2.45) is 0 Å².